The maximum Gasteiger partial charge on any atom is 0.161 e. The van der Waals surface area contributed by atoms with Gasteiger partial charge in [-0.1, -0.05) is 12.1 Å². The van der Waals surface area contributed by atoms with Crippen LogP contribution in [-0.2, 0) is 4.79 Å². The Labute approximate surface area is 87.8 Å². The summed E-state index contributed by atoms with van der Waals surface area (Å²) in [6.45, 7) is 1.31. The van der Waals surface area contributed by atoms with Crippen LogP contribution < -0.4 is 5.32 Å². The van der Waals surface area contributed by atoms with Crippen molar-refractivity contribution < 1.29 is 9.18 Å². The van der Waals surface area contributed by atoms with Gasteiger partial charge in [0.15, 0.2) is 5.78 Å². The summed E-state index contributed by atoms with van der Waals surface area (Å²) in [4.78, 5) is 11.5. The smallest absolute Gasteiger partial charge is 0.161 e. The summed E-state index contributed by atoms with van der Waals surface area (Å²) in [6, 6.07) is 6.25. The zero-order valence-electron chi connectivity index (χ0n) is 8.29. The van der Waals surface area contributed by atoms with E-state index in [1.807, 2.05) is 0 Å². The maximum atomic E-state index is 12.9. The average Bonchev–Trinajstić information content (AvgIpc) is 2.22. The van der Waals surface area contributed by atoms with Gasteiger partial charge >= 0.3 is 0 Å². The van der Waals surface area contributed by atoms with E-state index in [4.69, 9.17) is 0 Å². The van der Waals surface area contributed by atoms with Gasteiger partial charge in [-0.05, 0) is 23.8 Å². The molecule has 0 bridgehead atoms. The molecule has 1 aromatic carbocycles. The molecule has 1 aliphatic heterocycles. The lowest BCUT2D eigenvalue weighted by atomic mass is 10.0. The fourth-order valence-electron chi connectivity index (χ4n) is 1.61. The molecular formula is C12H12FNO. The molecular weight excluding hydrogens is 193 g/mol. The fraction of sp³-hybridized carbons (Fsp3) is 0.250. The molecule has 78 valence electrons. The molecule has 0 unspecified atom stereocenters. The number of benzene rings is 1. The number of carbonyl (C=O) groups is 1. The van der Waals surface area contributed by atoms with E-state index in [2.05, 4.69) is 5.32 Å². The van der Waals surface area contributed by atoms with E-state index in [1.165, 1.54) is 12.1 Å². The van der Waals surface area contributed by atoms with Crippen LogP contribution in [0.1, 0.15) is 12.0 Å². The van der Waals surface area contributed by atoms with Crippen molar-refractivity contribution in [3.63, 3.8) is 0 Å². The van der Waals surface area contributed by atoms with E-state index in [9.17, 15) is 9.18 Å². The lowest BCUT2D eigenvalue weighted by Gasteiger charge is -2.14. The predicted molar refractivity (Wildman–Crippen MR) is 56.9 cm³/mol. The van der Waals surface area contributed by atoms with Crippen LogP contribution in [0.4, 0.5) is 4.39 Å². The van der Waals surface area contributed by atoms with Gasteiger partial charge < -0.3 is 5.32 Å². The molecule has 0 amide bonds. The Bertz CT molecular complexity index is 412. The summed E-state index contributed by atoms with van der Waals surface area (Å²) in [6.07, 6.45) is 2.28. The number of ketones is 1. The second kappa shape index (κ2) is 4.36. The second-order valence-corrected chi connectivity index (χ2v) is 3.57. The first-order valence-corrected chi connectivity index (χ1v) is 4.96. The van der Waals surface area contributed by atoms with Gasteiger partial charge in [0.2, 0.25) is 0 Å². The third kappa shape index (κ3) is 2.50. The predicted octanol–water partition coefficient (Wildman–Crippen LogP) is 1.77. The molecule has 2 nitrogen and oxygen atoms in total. The van der Waals surface area contributed by atoms with Gasteiger partial charge in [0.05, 0.1) is 0 Å². The Morgan fingerprint density at radius 3 is 3.00 bits per heavy atom. The summed E-state index contributed by atoms with van der Waals surface area (Å²) in [5.41, 5.74) is 1.47. The maximum absolute atomic E-state index is 12.9. The van der Waals surface area contributed by atoms with Crippen molar-refractivity contribution in [2.75, 3.05) is 13.1 Å². The number of halogens is 1. The topological polar surface area (TPSA) is 29.1 Å². The number of hydrogen-bond acceptors (Lipinski definition) is 2. The molecule has 0 aromatic heterocycles. The van der Waals surface area contributed by atoms with Crippen molar-refractivity contribution in [1.82, 2.24) is 5.32 Å². The van der Waals surface area contributed by atoms with Gasteiger partial charge in [-0.3, -0.25) is 4.79 Å². The van der Waals surface area contributed by atoms with Gasteiger partial charge in [-0.15, -0.1) is 0 Å². The van der Waals surface area contributed by atoms with Crippen molar-refractivity contribution in [2.24, 2.45) is 0 Å². The summed E-state index contributed by atoms with van der Waals surface area (Å²) < 4.78 is 12.9. The highest BCUT2D eigenvalue weighted by molar-refractivity contribution is 6.00. The zero-order chi connectivity index (χ0) is 10.7. The molecule has 1 saturated heterocycles. The molecule has 3 heteroatoms. The van der Waals surface area contributed by atoms with E-state index in [1.54, 1.807) is 18.2 Å². The molecule has 0 atom stereocenters. The van der Waals surface area contributed by atoms with Crippen molar-refractivity contribution in [3.8, 4) is 0 Å². The minimum Gasteiger partial charge on any atom is -0.312 e. The van der Waals surface area contributed by atoms with Crippen LogP contribution in [0.5, 0.6) is 0 Å². The quantitative estimate of drug-likeness (QED) is 0.708. The van der Waals surface area contributed by atoms with Gasteiger partial charge in [-0.25, -0.2) is 4.39 Å². The number of rotatable bonds is 1. The lowest BCUT2D eigenvalue weighted by molar-refractivity contribution is -0.116. The molecule has 1 aliphatic rings. The number of piperidine rings is 1. The Kier molecular flexibility index (Phi) is 2.92. The van der Waals surface area contributed by atoms with Crippen molar-refractivity contribution >= 4 is 11.9 Å². The fourth-order valence-corrected chi connectivity index (χ4v) is 1.61. The normalized spacial score (nSPS) is 19.5. The number of carbonyl (C=O) groups excluding carboxylic acids is 1. The van der Waals surface area contributed by atoms with Crippen LogP contribution in [0.15, 0.2) is 29.8 Å². The third-order valence-corrected chi connectivity index (χ3v) is 2.39. The summed E-state index contributed by atoms with van der Waals surface area (Å²) in [7, 11) is 0. The first-order chi connectivity index (χ1) is 7.25. The minimum absolute atomic E-state index is 0.151. The van der Waals surface area contributed by atoms with Gasteiger partial charge in [-0.2, -0.15) is 0 Å². The molecule has 0 spiro atoms. The molecule has 2 rings (SSSR count). The minimum atomic E-state index is -0.277. The lowest BCUT2D eigenvalue weighted by Crippen LogP contribution is -2.30. The standard InChI is InChI=1S/C12H12FNO/c13-11-3-1-2-9(7-11)6-10-8-14-5-4-12(10)15/h1-3,6-7,14H,4-5,8H2/b10-6-. The van der Waals surface area contributed by atoms with Crippen molar-refractivity contribution in [2.45, 2.75) is 6.42 Å². The highest BCUT2D eigenvalue weighted by atomic mass is 19.1. The number of Topliss-reactive ketones (excluding diaryl/α,β-unsaturated/α-hetero) is 1. The van der Waals surface area contributed by atoms with Gasteiger partial charge in [0.25, 0.3) is 0 Å². The van der Waals surface area contributed by atoms with Gasteiger partial charge in [0, 0.05) is 25.1 Å². The molecule has 1 fully saturated rings. The van der Waals surface area contributed by atoms with Crippen LogP contribution in [-0.4, -0.2) is 18.9 Å². The van der Waals surface area contributed by atoms with Crippen molar-refractivity contribution in [1.29, 1.82) is 0 Å². The highest BCUT2D eigenvalue weighted by Crippen LogP contribution is 2.12. The first-order valence-electron chi connectivity index (χ1n) is 4.96. The van der Waals surface area contributed by atoms with Crippen LogP contribution in [0.25, 0.3) is 6.08 Å². The Morgan fingerprint density at radius 2 is 2.27 bits per heavy atom. The second-order valence-electron chi connectivity index (χ2n) is 3.57. The van der Waals surface area contributed by atoms with E-state index in [0.29, 0.717) is 13.0 Å². The van der Waals surface area contributed by atoms with E-state index in [0.717, 1.165) is 17.7 Å². The van der Waals surface area contributed by atoms with Crippen LogP contribution in [0, 0.1) is 5.82 Å². The van der Waals surface area contributed by atoms with E-state index >= 15 is 0 Å². The molecule has 1 heterocycles. The van der Waals surface area contributed by atoms with E-state index < -0.39 is 0 Å². The SMILES string of the molecule is O=C1CCNC/C1=C/c1cccc(F)c1. The van der Waals surface area contributed by atoms with Gasteiger partial charge in [0.1, 0.15) is 5.82 Å². The highest BCUT2D eigenvalue weighted by Gasteiger charge is 2.13. The molecule has 0 aliphatic carbocycles. The largest absolute Gasteiger partial charge is 0.312 e. The van der Waals surface area contributed by atoms with Crippen molar-refractivity contribution in [3.05, 3.63) is 41.2 Å². The first kappa shape index (κ1) is 10.1. The van der Waals surface area contributed by atoms with Crippen LogP contribution in [0.2, 0.25) is 0 Å². The third-order valence-electron chi connectivity index (χ3n) is 2.39. The summed E-state index contributed by atoms with van der Waals surface area (Å²) >= 11 is 0. The zero-order valence-corrected chi connectivity index (χ0v) is 8.29. The van der Waals surface area contributed by atoms with E-state index in [-0.39, 0.29) is 11.6 Å². The molecule has 0 radical (unpaired) electrons. The molecule has 15 heavy (non-hydrogen) atoms. The van der Waals surface area contributed by atoms with Crippen LogP contribution >= 0.6 is 0 Å². The average molecular weight is 205 g/mol. The Morgan fingerprint density at radius 1 is 1.40 bits per heavy atom. The summed E-state index contributed by atoms with van der Waals surface area (Å²) in [5, 5.41) is 3.12. The molecule has 0 saturated carbocycles. The molecule has 1 aromatic rings. The Balaban J connectivity index is 2.25. The number of nitrogens with one attached hydrogen (secondary N) is 1. The Hall–Kier alpha value is -1.48. The monoisotopic (exact) mass is 205 g/mol. The van der Waals surface area contributed by atoms with Crippen LogP contribution in [0.3, 0.4) is 0 Å². The number of hydrogen-bond donors (Lipinski definition) is 1. The molecule has 1 N–H and O–H groups in total. The summed E-state index contributed by atoms with van der Waals surface area (Å²) in [5.74, 6) is -0.126.